The van der Waals surface area contributed by atoms with Gasteiger partial charge in [-0.25, -0.2) is 0 Å². The monoisotopic (exact) mass is 254 g/mol. The molecule has 0 saturated heterocycles. The minimum absolute atomic E-state index is 0.864. The average molecular weight is 254 g/mol. The molecule has 0 atom stereocenters. The number of hydrogen-bond donors (Lipinski definition) is 0. The second-order valence-electron chi connectivity index (χ2n) is 4.22. The van der Waals surface area contributed by atoms with Gasteiger partial charge in [-0.15, -0.1) is 11.3 Å². The summed E-state index contributed by atoms with van der Waals surface area (Å²) in [4.78, 5) is 0. The van der Waals surface area contributed by atoms with Gasteiger partial charge in [0.2, 0.25) is 0 Å². The lowest BCUT2D eigenvalue weighted by atomic mass is 10.2. The maximum atomic E-state index is 5.96. The SMILES string of the molecule is COc1ccc2oc3c4ccccc4sc3c2c1. The zero-order chi connectivity index (χ0) is 12.1. The number of benzene rings is 2. The normalized spacial score (nSPS) is 11.6. The van der Waals surface area contributed by atoms with Crippen molar-refractivity contribution in [1.29, 1.82) is 0 Å². The molecule has 2 aromatic carbocycles. The molecule has 2 aromatic heterocycles. The van der Waals surface area contributed by atoms with Crippen molar-refractivity contribution < 1.29 is 9.15 Å². The highest BCUT2D eigenvalue weighted by Crippen LogP contribution is 2.41. The second-order valence-corrected chi connectivity index (χ2v) is 5.27. The van der Waals surface area contributed by atoms with Crippen molar-refractivity contribution in [3.8, 4) is 5.75 Å². The number of fused-ring (bicyclic) bond motifs is 5. The third-order valence-corrected chi connectivity index (χ3v) is 4.38. The van der Waals surface area contributed by atoms with Crippen LogP contribution in [0.2, 0.25) is 0 Å². The lowest BCUT2D eigenvalue weighted by molar-refractivity contribution is 0.415. The van der Waals surface area contributed by atoms with Crippen molar-refractivity contribution in [2.75, 3.05) is 7.11 Å². The molecule has 0 radical (unpaired) electrons. The molecule has 0 spiro atoms. The molecule has 0 saturated carbocycles. The van der Waals surface area contributed by atoms with Crippen molar-refractivity contribution >= 4 is 42.7 Å². The van der Waals surface area contributed by atoms with Gasteiger partial charge in [0, 0.05) is 15.5 Å². The minimum atomic E-state index is 0.864. The fourth-order valence-electron chi connectivity index (χ4n) is 2.31. The van der Waals surface area contributed by atoms with Crippen LogP contribution >= 0.6 is 11.3 Å². The summed E-state index contributed by atoms with van der Waals surface area (Å²) in [5, 5.41) is 2.32. The van der Waals surface area contributed by atoms with E-state index in [2.05, 4.69) is 18.2 Å². The first-order valence-electron chi connectivity index (χ1n) is 5.74. The smallest absolute Gasteiger partial charge is 0.154 e. The number of hydrogen-bond acceptors (Lipinski definition) is 3. The van der Waals surface area contributed by atoms with E-state index in [-0.39, 0.29) is 0 Å². The Hall–Kier alpha value is -2.00. The van der Waals surface area contributed by atoms with Gasteiger partial charge in [0.1, 0.15) is 11.3 Å². The summed E-state index contributed by atoms with van der Waals surface area (Å²) in [6.45, 7) is 0. The van der Waals surface area contributed by atoms with Gasteiger partial charge in [-0.1, -0.05) is 12.1 Å². The Bertz CT molecular complexity index is 870. The van der Waals surface area contributed by atoms with E-state index in [0.717, 1.165) is 22.3 Å². The van der Waals surface area contributed by atoms with Crippen LogP contribution in [0.1, 0.15) is 0 Å². The molecule has 2 heterocycles. The number of rotatable bonds is 1. The zero-order valence-electron chi connectivity index (χ0n) is 9.77. The quantitative estimate of drug-likeness (QED) is 0.486. The van der Waals surface area contributed by atoms with Crippen molar-refractivity contribution in [2.45, 2.75) is 0 Å². The number of furan rings is 1. The minimum Gasteiger partial charge on any atom is -0.497 e. The van der Waals surface area contributed by atoms with Gasteiger partial charge in [-0.2, -0.15) is 0 Å². The highest BCUT2D eigenvalue weighted by molar-refractivity contribution is 7.26. The van der Waals surface area contributed by atoms with Gasteiger partial charge in [0.15, 0.2) is 5.58 Å². The predicted molar refractivity (Wildman–Crippen MR) is 75.7 cm³/mol. The van der Waals surface area contributed by atoms with Gasteiger partial charge in [0.25, 0.3) is 0 Å². The first-order chi connectivity index (χ1) is 8.86. The van der Waals surface area contributed by atoms with E-state index in [9.17, 15) is 0 Å². The predicted octanol–water partition coefficient (Wildman–Crippen LogP) is 4.81. The van der Waals surface area contributed by atoms with Crippen LogP contribution in [0.5, 0.6) is 5.75 Å². The van der Waals surface area contributed by atoms with Crippen molar-refractivity contribution in [1.82, 2.24) is 0 Å². The highest BCUT2D eigenvalue weighted by Gasteiger charge is 2.13. The Balaban J connectivity index is 2.21. The first kappa shape index (κ1) is 9.97. The number of thiophene rings is 1. The van der Waals surface area contributed by atoms with Crippen LogP contribution in [0.4, 0.5) is 0 Å². The summed E-state index contributed by atoms with van der Waals surface area (Å²) in [6, 6.07) is 14.3. The topological polar surface area (TPSA) is 22.4 Å². The molecule has 0 aliphatic heterocycles. The molecule has 0 aliphatic carbocycles. The van der Waals surface area contributed by atoms with Crippen LogP contribution in [-0.2, 0) is 0 Å². The Kier molecular flexibility index (Phi) is 1.94. The summed E-state index contributed by atoms with van der Waals surface area (Å²) < 4.78 is 13.7. The summed E-state index contributed by atoms with van der Waals surface area (Å²) in [7, 11) is 1.68. The Labute approximate surface area is 107 Å². The molecule has 4 rings (SSSR count). The maximum absolute atomic E-state index is 5.96. The van der Waals surface area contributed by atoms with Gasteiger partial charge < -0.3 is 9.15 Å². The zero-order valence-corrected chi connectivity index (χ0v) is 10.6. The molecule has 0 aliphatic rings. The number of ether oxygens (including phenoxy) is 1. The lowest BCUT2D eigenvalue weighted by Crippen LogP contribution is -1.80. The molecule has 88 valence electrons. The van der Waals surface area contributed by atoms with E-state index in [1.54, 1.807) is 18.4 Å². The van der Waals surface area contributed by atoms with Gasteiger partial charge in [0.05, 0.1) is 11.8 Å². The van der Waals surface area contributed by atoms with Crippen LogP contribution in [0.25, 0.3) is 31.3 Å². The van der Waals surface area contributed by atoms with Crippen molar-refractivity contribution in [3.05, 3.63) is 42.5 Å². The first-order valence-corrected chi connectivity index (χ1v) is 6.56. The van der Waals surface area contributed by atoms with Gasteiger partial charge in [-0.05, 0) is 30.3 Å². The Morgan fingerprint density at radius 3 is 2.83 bits per heavy atom. The van der Waals surface area contributed by atoms with E-state index >= 15 is 0 Å². The molecule has 0 N–H and O–H groups in total. The van der Waals surface area contributed by atoms with Crippen molar-refractivity contribution in [3.63, 3.8) is 0 Å². The van der Waals surface area contributed by atoms with Crippen molar-refractivity contribution in [2.24, 2.45) is 0 Å². The largest absolute Gasteiger partial charge is 0.497 e. The molecule has 3 heteroatoms. The van der Waals surface area contributed by atoms with E-state index in [1.807, 2.05) is 24.3 Å². The molecule has 0 fully saturated rings. The van der Waals surface area contributed by atoms with Gasteiger partial charge >= 0.3 is 0 Å². The third-order valence-electron chi connectivity index (χ3n) is 3.19. The van der Waals surface area contributed by atoms with Crippen LogP contribution in [0, 0.1) is 0 Å². The van der Waals surface area contributed by atoms with E-state index in [4.69, 9.17) is 9.15 Å². The van der Waals surface area contributed by atoms with Crippen LogP contribution in [-0.4, -0.2) is 7.11 Å². The van der Waals surface area contributed by atoms with Crippen LogP contribution in [0.3, 0.4) is 0 Å². The second kappa shape index (κ2) is 3.50. The molecular weight excluding hydrogens is 244 g/mol. The summed E-state index contributed by atoms with van der Waals surface area (Å²) in [6.07, 6.45) is 0. The third kappa shape index (κ3) is 1.22. The Morgan fingerprint density at radius 2 is 1.94 bits per heavy atom. The Morgan fingerprint density at radius 1 is 1.06 bits per heavy atom. The summed E-state index contributed by atoms with van der Waals surface area (Å²) in [5.41, 5.74) is 1.90. The fraction of sp³-hybridized carbons (Fsp3) is 0.0667. The average Bonchev–Trinajstić information content (AvgIpc) is 2.94. The molecule has 0 unspecified atom stereocenters. The summed E-state index contributed by atoms with van der Waals surface area (Å²) in [5.74, 6) is 0.864. The van der Waals surface area contributed by atoms with E-state index < -0.39 is 0 Å². The molecule has 0 amide bonds. The summed E-state index contributed by atoms with van der Waals surface area (Å²) >= 11 is 1.77. The van der Waals surface area contributed by atoms with Crippen LogP contribution in [0.15, 0.2) is 46.9 Å². The maximum Gasteiger partial charge on any atom is 0.154 e. The highest BCUT2D eigenvalue weighted by atomic mass is 32.1. The number of methoxy groups -OCH3 is 1. The molecule has 2 nitrogen and oxygen atoms in total. The van der Waals surface area contributed by atoms with E-state index in [0.29, 0.717) is 0 Å². The fourth-order valence-corrected chi connectivity index (χ4v) is 3.46. The van der Waals surface area contributed by atoms with E-state index in [1.165, 1.54) is 14.8 Å². The molecule has 0 bridgehead atoms. The lowest BCUT2D eigenvalue weighted by Gasteiger charge is -1.97. The van der Waals surface area contributed by atoms with Gasteiger partial charge in [-0.3, -0.25) is 0 Å². The molecule has 18 heavy (non-hydrogen) atoms. The molecular formula is C15H10O2S. The molecule has 4 aromatic rings. The standard InChI is InChI=1S/C15H10O2S/c1-16-9-6-7-12-11(8-9)15-14(17-12)10-4-2-3-5-13(10)18-15/h2-8H,1H3. The van der Waals surface area contributed by atoms with Crippen LogP contribution < -0.4 is 4.74 Å².